The first-order valence-electron chi connectivity index (χ1n) is 6.43. The molecule has 1 aromatic carbocycles. The van der Waals surface area contributed by atoms with Crippen molar-refractivity contribution in [2.75, 3.05) is 19.0 Å². The highest BCUT2D eigenvalue weighted by atomic mass is 35.5. The number of alkyl halides is 3. The van der Waals surface area contributed by atoms with Crippen molar-refractivity contribution in [3.63, 3.8) is 0 Å². The molecule has 1 aromatic rings. The van der Waals surface area contributed by atoms with Crippen LogP contribution < -0.4 is 4.90 Å². The Hall–Kier alpha value is -0.840. The minimum atomic E-state index is -4.45. The van der Waals surface area contributed by atoms with Crippen molar-refractivity contribution in [1.82, 2.24) is 0 Å². The van der Waals surface area contributed by atoms with Crippen LogP contribution in [0.1, 0.15) is 23.5 Å². The van der Waals surface area contributed by atoms with E-state index in [4.69, 9.17) is 34.8 Å². The maximum absolute atomic E-state index is 13.3. The summed E-state index contributed by atoms with van der Waals surface area (Å²) in [5, 5.41) is 0.764. The molecule has 1 aliphatic rings. The van der Waals surface area contributed by atoms with Crippen LogP contribution in [0.2, 0.25) is 0 Å². The van der Waals surface area contributed by atoms with E-state index in [0.717, 1.165) is 6.07 Å². The number of rotatable bonds is 2. The van der Waals surface area contributed by atoms with Gasteiger partial charge in [-0.15, -0.1) is 0 Å². The first kappa shape index (κ1) is 17.5. The number of hydrogen-bond acceptors (Lipinski definition) is 1. The third-order valence-corrected chi connectivity index (χ3v) is 4.85. The molecule has 0 saturated heterocycles. The van der Waals surface area contributed by atoms with Crippen LogP contribution >= 0.6 is 34.8 Å². The number of para-hydroxylation sites is 1. The van der Waals surface area contributed by atoms with E-state index in [1.807, 2.05) is 0 Å². The Morgan fingerprint density at radius 3 is 2.32 bits per heavy atom. The zero-order valence-electron chi connectivity index (χ0n) is 11.8. The van der Waals surface area contributed by atoms with Gasteiger partial charge in [0.25, 0.3) is 0 Å². The summed E-state index contributed by atoms with van der Waals surface area (Å²) in [7, 11) is 3.14. The maximum atomic E-state index is 13.3. The van der Waals surface area contributed by atoms with Crippen molar-refractivity contribution >= 4 is 40.5 Å². The molecule has 7 heteroatoms. The molecule has 0 aromatic heterocycles. The van der Waals surface area contributed by atoms with Gasteiger partial charge in [-0.1, -0.05) is 53.0 Å². The van der Waals surface area contributed by atoms with Gasteiger partial charge in [-0.2, -0.15) is 13.2 Å². The molecule has 0 fully saturated rings. The molecule has 2 rings (SSSR count). The zero-order valence-corrected chi connectivity index (χ0v) is 14.1. The van der Waals surface area contributed by atoms with Crippen LogP contribution in [0.5, 0.6) is 0 Å². The van der Waals surface area contributed by atoms with E-state index < -0.39 is 17.7 Å². The standard InChI is InChI=1S/C15H13Cl3F3N/c1-22(2)14-9(4-3-5-10(14)15(19,20)21)8-6-7-11(16)13(18)12(8)17/h3-5,7-8H,6H2,1-2H3. The predicted octanol–water partition coefficient (Wildman–Crippen LogP) is 6.07. The van der Waals surface area contributed by atoms with Crippen molar-refractivity contribution in [3.05, 3.63) is 50.5 Å². The number of nitrogens with zero attached hydrogens (tertiary/aromatic N) is 1. The number of allylic oxidation sites excluding steroid dienone is 4. The molecule has 0 radical (unpaired) electrons. The maximum Gasteiger partial charge on any atom is 0.418 e. The van der Waals surface area contributed by atoms with Crippen molar-refractivity contribution in [2.45, 2.75) is 18.5 Å². The first-order chi connectivity index (χ1) is 10.1. The topological polar surface area (TPSA) is 3.24 Å². The summed E-state index contributed by atoms with van der Waals surface area (Å²) in [5.74, 6) is -0.448. The molecular formula is C15H13Cl3F3N. The molecule has 1 unspecified atom stereocenters. The van der Waals surface area contributed by atoms with Crippen LogP contribution in [0.15, 0.2) is 39.4 Å². The van der Waals surface area contributed by atoms with Gasteiger partial charge in [0, 0.05) is 25.0 Å². The van der Waals surface area contributed by atoms with Gasteiger partial charge >= 0.3 is 6.18 Å². The Balaban J connectivity index is 2.63. The van der Waals surface area contributed by atoms with Crippen LogP contribution in [-0.4, -0.2) is 14.1 Å². The second-order valence-electron chi connectivity index (χ2n) is 5.14. The van der Waals surface area contributed by atoms with Crippen LogP contribution in [0, 0.1) is 0 Å². The van der Waals surface area contributed by atoms with Gasteiger partial charge in [0.1, 0.15) is 0 Å². The fourth-order valence-corrected chi connectivity index (χ4v) is 3.27. The lowest BCUT2D eigenvalue weighted by atomic mass is 9.88. The second kappa shape index (κ2) is 6.34. The average molecular weight is 371 g/mol. The minimum Gasteiger partial charge on any atom is -0.377 e. The van der Waals surface area contributed by atoms with E-state index in [1.54, 1.807) is 26.2 Å². The van der Waals surface area contributed by atoms with E-state index in [2.05, 4.69) is 0 Å². The highest BCUT2D eigenvalue weighted by molar-refractivity contribution is 6.48. The van der Waals surface area contributed by atoms with Gasteiger partial charge in [-0.25, -0.2) is 0 Å². The molecular weight excluding hydrogens is 358 g/mol. The van der Waals surface area contributed by atoms with Gasteiger partial charge in [0.05, 0.1) is 21.3 Å². The normalized spacial score (nSPS) is 19.3. The van der Waals surface area contributed by atoms with Gasteiger partial charge in [-0.3, -0.25) is 0 Å². The minimum absolute atomic E-state index is 0.0917. The summed E-state index contributed by atoms with van der Waals surface area (Å²) in [6.45, 7) is 0. The van der Waals surface area contributed by atoms with E-state index in [-0.39, 0.29) is 15.8 Å². The van der Waals surface area contributed by atoms with Crippen molar-refractivity contribution in [1.29, 1.82) is 0 Å². The lowest BCUT2D eigenvalue weighted by Gasteiger charge is -2.28. The predicted molar refractivity (Wildman–Crippen MR) is 85.8 cm³/mol. The van der Waals surface area contributed by atoms with Gasteiger partial charge < -0.3 is 4.90 Å². The van der Waals surface area contributed by atoms with Crippen molar-refractivity contribution < 1.29 is 13.2 Å². The Kier molecular flexibility index (Phi) is 5.05. The van der Waals surface area contributed by atoms with E-state index >= 15 is 0 Å². The molecule has 0 N–H and O–H groups in total. The Morgan fingerprint density at radius 2 is 1.77 bits per heavy atom. The molecule has 1 aliphatic carbocycles. The molecule has 120 valence electrons. The highest BCUT2D eigenvalue weighted by Gasteiger charge is 2.37. The molecule has 0 amide bonds. The molecule has 0 bridgehead atoms. The van der Waals surface area contributed by atoms with Crippen LogP contribution in [0.25, 0.3) is 0 Å². The fourth-order valence-electron chi connectivity index (χ4n) is 2.52. The number of anilines is 1. The summed E-state index contributed by atoms with van der Waals surface area (Å²) in [5.41, 5.74) is -0.131. The molecule has 0 spiro atoms. The quantitative estimate of drug-likeness (QED) is 0.610. The highest BCUT2D eigenvalue weighted by Crippen LogP contribution is 2.47. The number of benzene rings is 1. The van der Waals surface area contributed by atoms with Crippen LogP contribution in [-0.2, 0) is 6.18 Å². The molecule has 1 atom stereocenters. The smallest absolute Gasteiger partial charge is 0.377 e. The fraction of sp³-hybridized carbons (Fsp3) is 0.333. The summed E-state index contributed by atoms with van der Waals surface area (Å²) in [4.78, 5) is 1.44. The summed E-state index contributed by atoms with van der Waals surface area (Å²) in [6.07, 6.45) is -2.38. The first-order valence-corrected chi connectivity index (χ1v) is 7.56. The van der Waals surface area contributed by atoms with Gasteiger partial charge in [-0.05, 0) is 18.1 Å². The Morgan fingerprint density at radius 1 is 1.14 bits per heavy atom. The van der Waals surface area contributed by atoms with E-state index in [9.17, 15) is 13.2 Å². The van der Waals surface area contributed by atoms with Gasteiger partial charge in [0.2, 0.25) is 0 Å². The molecule has 22 heavy (non-hydrogen) atoms. The van der Waals surface area contributed by atoms with Gasteiger partial charge in [0.15, 0.2) is 0 Å². The van der Waals surface area contributed by atoms with Crippen molar-refractivity contribution in [3.8, 4) is 0 Å². The van der Waals surface area contributed by atoms with Crippen molar-refractivity contribution in [2.24, 2.45) is 0 Å². The summed E-state index contributed by atoms with van der Waals surface area (Å²) >= 11 is 18.2. The lowest BCUT2D eigenvalue weighted by Crippen LogP contribution is -2.20. The molecule has 0 aliphatic heterocycles. The summed E-state index contributed by atoms with van der Waals surface area (Å²) in [6, 6.07) is 4.07. The zero-order chi connectivity index (χ0) is 16.7. The van der Waals surface area contributed by atoms with E-state index in [0.29, 0.717) is 17.0 Å². The number of halogens is 6. The molecule has 0 saturated carbocycles. The lowest BCUT2D eigenvalue weighted by molar-refractivity contribution is -0.137. The average Bonchev–Trinajstić information content (AvgIpc) is 2.43. The monoisotopic (exact) mass is 369 g/mol. The molecule has 1 nitrogen and oxygen atoms in total. The summed E-state index contributed by atoms with van der Waals surface area (Å²) < 4.78 is 39.8. The van der Waals surface area contributed by atoms with E-state index in [1.165, 1.54) is 11.0 Å². The largest absolute Gasteiger partial charge is 0.418 e. The molecule has 0 heterocycles. The Bertz CT molecular complexity index is 648. The van der Waals surface area contributed by atoms with Crippen LogP contribution in [0.3, 0.4) is 0 Å². The van der Waals surface area contributed by atoms with Crippen LogP contribution in [0.4, 0.5) is 18.9 Å². The Labute approximate surface area is 141 Å². The third kappa shape index (κ3) is 3.24. The second-order valence-corrected chi connectivity index (χ2v) is 6.33. The number of hydrogen-bond donors (Lipinski definition) is 0. The SMILES string of the molecule is CN(C)c1c(C2CC=C(Cl)C(Cl)=C2Cl)cccc1C(F)(F)F. The third-order valence-electron chi connectivity index (χ3n) is 3.45.